The number of carbonyl (C=O) groups excluding carboxylic acids is 1. The molecule has 0 bridgehead atoms. The van der Waals surface area contributed by atoms with Gasteiger partial charge in [0.15, 0.2) is 5.82 Å². The number of hydrogen-bond donors (Lipinski definition) is 0. The third-order valence-electron chi connectivity index (χ3n) is 5.80. The molecule has 3 aromatic rings. The summed E-state index contributed by atoms with van der Waals surface area (Å²) in [5, 5.41) is 8.88. The normalized spacial score (nSPS) is 16.3. The molecule has 2 heterocycles. The molecule has 1 atom stereocenters. The van der Waals surface area contributed by atoms with E-state index in [9.17, 15) is 4.79 Å². The SMILES string of the molecule is CCN(C(=O)C1CCCN(c2ccc(-c3ccccc3)nn2)C1)c1ccccc1C. The summed E-state index contributed by atoms with van der Waals surface area (Å²) in [5.74, 6) is 1.00. The Hall–Kier alpha value is -3.21. The zero-order chi connectivity index (χ0) is 20.9. The van der Waals surface area contributed by atoms with Crippen LogP contribution in [0.2, 0.25) is 0 Å². The van der Waals surface area contributed by atoms with Gasteiger partial charge in [0.25, 0.3) is 0 Å². The summed E-state index contributed by atoms with van der Waals surface area (Å²) in [4.78, 5) is 17.5. The van der Waals surface area contributed by atoms with E-state index in [-0.39, 0.29) is 11.8 Å². The monoisotopic (exact) mass is 400 g/mol. The van der Waals surface area contributed by atoms with Gasteiger partial charge in [-0.1, -0.05) is 48.5 Å². The second-order valence-electron chi connectivity index (χ2n) is 7.80. The van der Waals surface area contributed by atoms with E-state index < -0.39 is 0 Å². The quantitative estimate of drug-likeness (QED) is 0.622. The first kappa shape index (κ1) is 20.1. The van der Waals surface area contributed by atoms with Crippen molar-refractivity contribution in [1.82, 2.24) is 10.2 Å². The zero-order valence-electron chi connectivity index (χ0n) is 17.7. The fourth-order valence-electron chi connectivity index (χ4n) is 4.18. The van der Waals surface area contributed by atoms with E-state index in [1.165, 1.54) is 0 Å². The summed E-state index contributed by atoms with van der Waals surface area (Å²) >= 11 is 0. The molecule has 154 valence electrons. The summed E-state index contributed by atoms with van der Waals surface area (Å²) in [6.07, 6.45) is 1.89. The summed E-state index contributed by atoms with van der Waals surface area (Å²) in [7, 11) is 0. The van der Waals surface area contributed by atoms with Gasteiger partial charge in [-0.15, -0.1) is 10.2 Å². The van der Waals surface area contributed by atoms with Gasteiger partial charge in [-0.25, -0.2) is 0 Å². The highest BCUT2D eigenvalue weighted by molar-refractivity contribution is 5.96. The molecule has 5 heteroatoms. The van der Waals surface area contributed by atoms with Crippen molar-refractivity contribution in [2.24, 2.45) is 5.92 Å². The molecule has 1 aliphatic heterocycles. The summed E-state index contributed by atoms with van der Waals surface area (Å²) in [6, 6.07) is 22.2. The highest BCUT2D eigenvalue weighted by atomic mass is 16.2. The summed E-state index contributed by atoms with van der Waals surface area (Å²) in [5.41, 5.74) is 4.05. The fraction of sp³-hybridized carbons (Fsp3) is 0.320. The first-order chi connectivity index (χ1) is 14.7. The van der Waals surface area contributed by atoms with Crippen LogP contribution in [0.4, 0.5) is 11.5 Å². The van der Waals surface area contributed by atoms with Gasteiger partial charge >= 0.3 is 0 Å². The lowest BCUT2D eigenvalue weighted by molar-refractivity contribution is -0.122. The van der Waals surface area contributed by atoms with Crippen molar-refractivity contribution >= 4 is 17.4 Å². The Bertz CT molecular complexity index is 988. The molecule has 1 amide bonds. The van der Waals surface area contributed by atoms with Crippen molar-refractivity contribution in [2.45, 2.75) is 26.7 Å². The highest BCUT2D eigenvalue weighted by Gasteiger charge is 2.30. The molecule has 1 saturated heterocycles. The minimum Gasteiger partial charge on any atom is -0.354 e. The molecule has 1 unspecified atom stereocenters. The maximum absolute atomic E-state index is 13.4. The largest absolute Gasteiger partial charge is 0.354 e. The van der Waals surface area contributed by atoms with Crippen LogP contribution in [0.1, 0.15) is 25.3 Å². The lowest BCUT2D eigenvalue weighted by atomic mass is 9.96. The van der Waals surface area contributed by atoms with E-state index >= 15 is 0 Å². The lowest BCUT2D eigenvalue weighted by Gasteiger charge is -2.35. The molecule has 0 spiro atoms. The first-order valence-electron chi connectivity index (χ1n) is 10.7. The first-order valence-corrected chi connectivity index (χ1v) is 10.7. The molecule has 0 N–H and O–H groups in total. The van der Waals surface area contributed by atoms with Gasteiger partial charge < -0.3 is 9.80 Å². The van der Waals surface area contributed by atoms with E-state index in [2.05, 4.69) is 28.1 Å². The van der Waals surface area contributed by atoms with E-state index in [1.807, 2.05) is 72.5 Å². The van der Waals surface area contributed by atoms with Crippen LogP contribution < -0.4 is 9.80 Å². The predicted octanol–water partition coefficient (Wildman–Crippen LogP) is 4.72. The van der Waals surface area contributed by atoms with Crippen molar-refractivity contribution in [2.75, 3.05) is 29.4 Å². The van der Waals surface area contributed by atoms with Crippen LogP contribution in [-0.2, 0) is 4.79 Å². The third-order valence-corrected chi connectivity index (χ3v) is 5.80. The number of aryl methyl sites for hydroxylation is 1. The standard InChI is InChI=1S/C25H28N4O/c1-3-29(23-14-8-7-10-19(23)2)25(30)21-13-9-17-28(18-21)24-16-15-22(26-27-24)20-11-5-4-6-12-20/h4-8,10-12,14-16,21H,3,9,13,17-18H2,1-2H3. The molecule has 0 radical (unpaired) electrons. The van der Waals surface area contributed by atoms with Crippen molar-refractivity contribution in [1.29, 1.82) is 0 Å². The number of benzene rings is 2. The number of hydrogen-bond acceptors (Lipinski definition) is 4. The number of para-hydroxylation sites is 1. The van der Waals surface area contributed by atoms with E-state index in [0.717, 1.165) is 47.7 Å². The number of piperidine rings is 1. The van der Waals surface area contributed by atoms with Crippen LogP contribution in [-0.4, -0.2) is 35.7 Å². The highest BCUT2D eigenvalue weighted by Crippen LogP contribution is 2.27. The van der Waals surface area contributed by atoms with Gasteiger partial charge in [0.1, 0.15) is 0 Å². The molecule has 0 saturated carbocycles. The molecule has 1 aliphatic rings. The van der Waals surface area contributed by atoms with Crippen molar-refractivity contribution in [3.8, 4) is 11.3 Å². The smallest absolute Gasteiger partial charge is 0.231 e. The topological polar surface area (TPSA) is 49.3 Å². The van der Waals surface area contributed by atoms with Gasteiger partial charge in [0.05, 0.1) is 11.6 Å². The molecule has 4 rings (SSSR count). The Morgan fingerprint density at radius 1 is 1.03 bits per heavy atom. The fourth-order valence-corrected chi connectivity index (χ4v) is 4.18. The Morgan fingerprint density at radius 3 is 2.50 bits per heavy atom. The second kappa shape index (κ2) is 9.08. The number of anilines is 2. The van der Waals surface area contributed by atoms with Crippen LogP contribution in [0.3, 0.4) is 0 Å². The third kappa shape index (κ3) is 4.20. The minimum atomic E-state index is -0.0334. The number of carbonyl (C=O) groups is 1. The molecule has 2 aromatic carbocycles. The molecular formula is C25H28N4O. The van der Waals surface area contributed by atoms with Crippen LogP contribution in [0.5, 0.6) is 0 Å². The molecule has 5 nitrogen and oxygen atoms in total. The van der Waals surface area contributed by atoms with Crippen LogP contribution in [0.15, 0.2) is 66.7 Å². The molecule has 1 aromatic heterocycles. The number of nitrogens with zero attached hydrogens (tertiary/aromatic N) is 4. The Kier molecular flexibility index (Phi) is 6.07. The maximum atomic E-state index is 13.4. The second-order valence-corrected chi connectivity index (χ2v) is 7.80. The van der Waals surface area contributed by atoms with Crippen molar-refractivity contribution < 1.29 is 4.79 Å². The number of rotatable bonds is 5. The Morgan fingerprint density at radius 2 is 1.80 bits per heavy atom. The number of aromatic nitrogens is 2. The molecular weight excluding hydrogens is 372 g/mol. The van der Waals surface area contributed by atoms with Gasteiger partial charge in [0, 0.05) is 30.9 Å². The van der Waals surface area contributed by atoms with Gasteiger partial charge in [0.2, 0.25) is 5.91 Å². The minimum absolute atomic E-state index is 0.0334. The molecule has 1 fully saturated rings. The number of amides is 1. The molecule has 30 heavy (non-hydrogen) atoms. The van der Waals surface area contributed by atoms with Crippen molar-refractivity contribution in [3.05, 3.63) is 72.3 Å². The van der Waals surface area contributed by atoms with Crippen molar-refractivity contribution in [3.63, 3.8) is 0 Å². The van der Waals surface area contributed by atoms with Crippen LogP contribution in [0, 0.1) is 12.8 Å². The van der Waals surface area contributed by atoms with Crippen LogP contribution >= 0.6 is 0 Å². The summed E-state index contributed by atoms with van der Waals surface area (Å²) in [6.45, 7) is 6.35. The maximum Gasteiger partial charge on any atom is 0.231 e. The predicted molar refractivity (Wildman–Crippen MR) is 122 cm³/mol. The lowest BCUT2D eigenvalue weighted by Crippen LogP contribution is -2.45. The Labute approximate surface area is 178 Å². The zero-order valence-corrected chi connectivity index (χ0v) is 17.7. The molecule has 0 aliphatic carbocycles. The average molecular weight is 401 g/mol. The van der Waals surface area contributed by atoms with E-state index in [4.69, 9.17) is 0 Å². The average Bonchev–Trinajstić information content (AvgIpc) is 2.81. The van der Waals surface area contributed by atoms with Gasteiger partial charge in [-0.3, -0.25) is 4.79 Å². The summed E-state index contributed by atoms with van der Waals surface area (Å²) < 4.78 is 0. The van der Waals surface area contributed by atoms with Crippen LogP contribution in [0.25, 0.3) is 11.3 Å². The Balaban J connectivity index is 1.49. The van der Waals surface area contributed by atoms with E-state index in [1.54, 1.807) is 0 Å². The van der Waals surface area contributed by atoms with E-state index in [0.29, 0.717) is 13.1 Å². The van der Waals surface area contributed by atoms with Gasteiger partial charge in [-0.2, -0.15) is 0 Å². The van der Waals surface area contributed by atoms with Gasteiger partial charge in [-0.05, 0) is 50.5 Å².